The highest BCUT2D eigenvalue weighted by Gasteiger charge is 2.44. The van der Waals surface area contributed by atoms with Crippen LogP contribution in [0.25, 0.3) is 10.6 Å². The lowest BCUT2D eigenvalue weighted by atomic mass is 9.95. The second-order valence-electron chi connectivity index (χ2n) is 6.79. The zero-order valence-electron chi connectivity index (χ0n) is 13.0. The molecule has 1 aromatic heterocycles. The van der Waals surface area contributed by atoms with Gasteiger partial charge in [0.05, 0.1) is 5.69 Å². The van der Waals surface area contributed by atoms with Crippen molar-refractivity contribution in [2.75, 3.05) is 6.79 Å². The van der Waals surface area contributed by atoms with Crippen LogP contribution in [-0.2, 0) is 6.54 Å². The summed E-state index contributed by atoms with van der Waals surface area (Å²) in [5, 5.41) is 6.95. The highest BCUT2D eigenvalue weighted by atomic mass is 32.1. The minimum atomic E-state index is 0.315. The van der Waals surface area contributed by atoms with Gasteiger partial charge in [-0.2, -0.15) is 0 Å². The smallest absolute Gasteiger partial charge is 0.231 e. The van der Waals surface area contributed by atoms with Gasteiger partial charge in [-0.25, -0.2) is 4.98 Å². The summed E-state index contributed by atoms with van der Waals surface area (Å²) >= 11 is 1.70. The van der Waals surface area contributed by atoms with Gasteiger partial charge in [-0.05, 0) is 42.9 Å². The second kappa shape index (κ2) is 5.49. The van der Waals surface area contributed by atoms with Crippen molar-refractivity contribution < 1.29 is 9.47 Å². The third-order valence-corrected chi connectivity index (χ3v) is 6.24. The maximum Gasteiger partial charge on any atom is 0.231 e. The Balaban J connectivity index is 1.27. The Morgan fingerprint density at radius 2 is 2.17 bits per heavy atom. The van der Waals surface area contributed by atoms with E-state index in [1.807, 2.05) is 12.1 Å². The summed E-state index contributed by atoms with van der Waals surface area (Å²) in [6.07, 6.45) is 5.61. The number of hydrogen-bond donors (Lipinski definition) is 1. The van der Waals surface area contributed by atoms with Crippen LogP contribution in [-0.4, -0.2) is 17.8 Å². The molecule has 23 heavy (non-hydrogen) atoms. The van der Waals surface area contributed by atoms with Crippen LogP contribution in [0.5, 0.6) is 11.5 Å². The molecule has 2 aliphatic carbocycles. The molecular formula is C18H20N2O2S. The molecule has 3 unspecified atom stereocenters. The van der Waals surface area contributed by atoms with Gasteiger partial charge in [0.1, 0.15) is 5.01 Å². The van der Waals surface area contributed by atoms with Crippen LogP contribution in [0.1, 0.15) is 31.4 Å². The minimum absolute atomic E-state index is 0.315. The van der Waals surface area contributed by atoms with Crippen molar-refractivity contribution in [1.29, 1.82) is 0 Å². The number of rotatable bonds is 4. The molecule has 4 nitrogen and oxygen atoms in total. The summed E-state index contributed by atoms with van der Waals surface area (Å²) in [6.45, 7) is 1.20. The van der Waals surface area contributed by atoms with Gasteiger partial charge in [0.15, 0.2) is 11.5 Å². The molecule has 0 amide bonds. The topological polar surface area (TPSA) is 43.4 Å². The van der Waals surface area contributed by atoms with Crippen molar-refractivity contribution in [3.63, 3.8) is 0 Å². The quantitative estimate of drug-likeness (QED) is 0.927. The lowest BCUT2D eigenvalue weighted by Gasteiger charge is -2.22. The van der Waals surface area contributed by atoms with E-state index >= 15 is 0 Å². The highest BCUT2D eigenvalue weighted by Crippen LogP contribution is 2.49. The third kappa shape index (κ3) is 2.62. The Hall–Kier alpha value is -1.59. The molecule has 5 heteroatoms. The fraction of sp³-hybridized carbons (Fsp3) is 0.500. The first-order chi connectivity index (χ1) is 11.4. The van der Waals surface area contributed by atoms with Gasteiger partial charge in [-0.3, -0.25) is 0 Å². The maximum absolute atomic E-state index is 5.45. The Bertz CT molecular complexity index is 730. The Morgan fingerprint density at radius 1 is 1.22 bits per heavy atom. The molecule has 5 rings (SSSR count). The van der Waals surface area contributed by atoms with E-state index in [0.29, 0.717) is 12.8 Å². The molecule has 2 heterocycles. The van der Waals surface area contributed by atoms with E-state index in [9.17, 15) is 0 Å². The molecule has 0 radical (unpaired) electrons. The van der Waals surface area contributed by atoms with E-state index in [2.05, 4.69) is 16.8 Å². The fourth-order valence-electron chi connectivity index (χ4n) is 3.95. The van der Waals surface area contributed by atoms with Crippen molar-refractivity contribution in [3.8, 4) is 22.1 Å². The minimum Gasteiger partial charge on any atom is -0.454 e. The molecule has 1 N–H and O–H groups in total. The average molecular weight is 328 g/mol. The van der Waals surface area contributed by atoms with Crippen LogP contribution in [0, 0.1) is 11.8 Å². The summed E-state index contributed by atoms with van der Waals surface area (Å²) < 4.78 is 10.8. The number of benzene rings is 1. The molecule has 120 valence electrons. The van der Waals surface area contributed by atoms with E-state index in [1.54, 1.807) is 11.3 Å². The second-order valence-corrected chi connectivity index (χ2v) is 7.65. The van der Waals surface area contributed by atoms with Gasteiger partial charge in [0.2, 0.25) is 6.79 Å². The fourth-order valence-corrected chi connectivity index (χ4v) is 4.77. The number of nitrogens with zero attached hydrogens (tertiary/aromatic N) is 1. The lowest BCUT2D eigenvalue weighted by molar-refractivity contribution is 0.174. The SMILES string of the molecule is c1cc2c(cc1-c1nc(CNC3CCCC4CC43)cs1)OCO2. The Morgan fingerprint density at radius 3 is 3.17 bits per heavy atom. The van der Waals surface area contributed by atoms with Gasteiger partial charge in [-0.15, -0.1) is 11.3 Å². The van der Waals surface area contributed by atoms with Gasteiger partial charge >= 0.3 is 0 Å². The standard InChI is InChI=1S/C18H20N2O2S/c1-2-11-6-14(11)15(3-1)19-8-13-9-23-18(20-13)12-4-5-16-17(7-12)22-10-21-16/h4-5,7,9,11,14-15,19H,1-3,6,8,10H2. The number of aromatic nitrogens is 1. The summed E-state index contributed by atoms with van der Waals surface area (Å²) in [6, 6.07) is 6.75. The van der Waals surface area contributed by atoms with Crippen molar-refractivity contribution in [2.24, 2.45) is 11.8 Å². The molecule has 0 saturated heterocycles. The lowest BCUT2D eigenvalue weighted by Crippen LogP contribution is -2.33. The van der Waals surface area contributed by atoms with Crippen LogP contribution >= 0.6 is 11.3 Å². The van der Waals surface area contributed by atoms with Gasteiger partial charge in [-0.1, -0.05) is 12.8 Å². The monoisotopic (exact) mass is 328 g/mol. The number of thiazole rings is 1. The number of ether oxygens (including phenoxy) is 2. The number of fused-ring (bicyclic) bond motifs is 2. The summed E-state index contributed by atoms with van der Waals surface area (Å²) in [4.78, 5) is 4.79. The molecule has 0 spiro atoms. The van der Waals surface area contributed by atoms with Crippen LogP contribution in [0.3, 0.4) is 0 Å². The predicted octanol–water partition coefficient (Wildman–Crippen LogP) is 3.82. The van der Waals surface area contributed by atoms with Crippen molar-refractivity contribution in [1.82, 2.24) is 10.3 Å². The molecular weight excluding hydrogens is 308 g/mol. The summed E-state index contributed by atoms with van der Waals surface area (Å²) in [5.74, 6) is 3.60. The Kier molecular flexibility index (Phi) is 3.30. The predicted molar refractivity (Wildman–Crippen MR) is 89.7 cm³/mol. The van der Waals surface area contributed by atoms with Crippen LogP contribution < -0.4 is 14.8 Å². The maximum atomic E-state index is 5.45. The first-order valence-corrected chi connectivity index (χ1v) is 9.32. The van der Waals surface area contributed by atoms with Crippen LogP contribution in [0.2, 0.25) is 0 Å². The van der Waals surface area contributed by atoms with E-state index in [4.69, 9.17) is 14.5 Å². The van der Waals surface area contributed by atoms with Crippen molar-refractivity contribution in [2.45, 2.75) is 38.3 Å². The molecule has 3 atom stereocenters. The summed E-state index contributed by atoms with van der Waals surface area (Å²) in [5.41, 5.74) is 2.25. The molecule has 3 aliphatic rings. The van der Waals surface area contributed by atoms with Gasteiger partial charge in [0, 0.05) is 23.5 Å². The van der Waals surface area contributed by atoms with E-state index in [1.165, 1.54) is 25.7 Å². The van der Waals surface area contributed by atoms with Crippen LogP contribution in [0.15, 0.2) is 23.6 Å². The summed E-state index contributed by atoms with van der Waals surface area (Å²) in [7, 11) is 0. The normalized spacial score (nSPS) is 27.7. The van der Waals surface area contributed by atoms with E-state index in [0.717, 1.165) is 46.1 Å². The largest absolute Gasteiger partial charge is 0.454 e. The zero-order chi connectivity index (χ0) is 15.2. The van der Waals surface area contributed by atoms with Crippen molar-refractivity contribution >= 4 is 11.3 Å². The highest BCUT2D eigenvalue weighted by molar-refractivity contribution is 7.13. The molecule has 1 aliphatic heterocycles. The molecule has 0 bridgehead atoms. The molecule has 2 saturated carbocycles. The first kappa shape index (κ1) is 13.8. The first-order valence-electron chi connectivity index (χ1n) is 8.44. The van der Waals surface area contributed by atoms with Crippen LogP contribution in [0.4, 0.5) is 0 Å². The van der Waals surface area contributed by atoms with E-state index in [-0.39, 0.29) is 0 Å². The van der Waals surface area contributed by atoms with Crippen molar-refractivity contribution in [3.05, 3.63) is 29.3 Å². The average Bonchev–Trinajstić information content (AvgIpc) is 3.02. The van der Waals surface area contributed by atoms with Gasteiger partial charge < -0.3 is 14.8 Å². The van der Waals surface area contributed by atoms with Gasteiger partial charge in [0.25, 0.3) is 0 Å². The number of nitrogens with one attached hydrogen (secondary N) is 1. The molecule has 2 aromatic rings. The molecule has 2 fully saturated rings. The van der Waals surface area contributed by atoms with E-state index < -0.39 is 0 Å². The Labute approximate surface area is 139 Å². The molecule has 1 aromatic carbocycles. The zero-order valence-corrected chi connectivity index (χ0v) is 13.8. The number of hydrogen-bond acceptors (Lipinski definition) is 5. The third-order valence-electron chi connectivity index (χ3n) is 5.30.